The smallest absolute Gasteiger partial charge is 0.341 e. The van der Waals surface area contributed by atoms with Gasteiger partial charge in [-0.05, 0) is 19.9 Å². The summed E-state index contributed by atoms with van der Waals surface area (Å²) < 4.78 is 15.4. The third-order valence-corrected chi connectivity index (χ3v) is 2.33. The number of benzene rings is 1. The third kappa shape index (κ3) is 3.27. The Balaban J connectivity index is 3.20. The van der Waals surface area contributed by atoms with Crippen LogP contribution in [0.3, 0.4) is 0 Å². The molecule has 5 heteroatoms. The van der Waals surface area contributed by atoms with E-state index in [1.807, 2.05) is 13.8 Å². The van der Waals surface area contributed by atoms with Gasteiger partial charge in [0, 0.05) is 6.07 Å². The molecule has 0 atom stereocenters. The third-order valence-electron chi connectivity index (χ3n) is 2.04. The Morgan fingerprint density at radius 1 is 1.18 bits per heavy atom. The van der Waals surface area contributed by atoms with Gasteiger partial charge in [0.25, 0.3) is 0 Å². The van der Waals surface area contributed by atoms with Crippen LogP contribution in [0.5, 0.6) is 11.5 Å². The Morgan fingerprint density at radius 3 is 2.29 bits per heavy atom. The Hall–Kier alpha value is -1.42. The summed E-state index contributed by atoms with van der Waals surface area (Å²) in [5, 5.41) is 0.357. The van der Waals surface area contributed by atoms with Gasteiger partial charge in [0.2, 0.25) is 0 Å². The summed E-state index contributed by atoms with van der Waals surface area (Å²) in [5.74, 6) is 0.413. The SMILES string of the molecule is CCOc1cc(OCC)c(C(=O)OC)cc1Cl. The van der Waals surface area contributed by atoms with Gasteiger partial charge in [-0.15, -0.1) is 0 Å². The zero-order valence-electron chi connectivity index (χ0n) is 10.1. The number of halogens is 1. The summed E-state index contributed by atoms with van der Waals surface area (Å²) in [6.45, 7) is 4.61. The van der Waals surface area contributed by atoms with Crippen LogP contribution in [0, 0.1) is 0 Å². The van der Waals surface area contributed by atoms with E-state index in [4.69, 9.17) is 21.1 Å². The number of methoxy groups -OCH3 is 1. The second-order valence-corrected chi connectivity index (χ2v) is 3.54. The van der Waals surface area contributed by atoms with Crippen LogP contribution >= 0.6 is 11.6 Å². The Morgan fingerprint density at radius 2 is 1.76 bits per heavy atom. The molecule has 0 fully saturated rings. The standard InChI is InChI=1S/C12H15ClO4/c1-4-16-10-7-11(17-5-2)9(13)6-8(10)12(14)15-3/h6-7H,4-5H2,1-3H3. The molecule has 0 radical (unpaired) electrons. The number of rotatable bonds is 5. The van der Waals surface area contributed by atoms with Crippen LogP contribution < -0.4 is 9.47 Å². The van der Waals surface area contributed by atoms with Crippen LogP contribution in [0.2, 0.25) is 5.02 Å². The van der Waals surface area contributed by atoms with Gasteiger partial charge in [-0.2, -0.15) is 0 Å². The lowest BCUT2D eigenvalue weighted by molar-refractivity contribution is 0.0596. The van der Waals surface area contributed by atoms with Crippen LogP contribution in [-0.2, 0) is 4.74 Å². The molecule has 17 heavy (non-hydrogen) atoms. The first-order valence-electron chi connectivity index (χ1n) is 5.31. The van der Waals surface area contributed by atoms with Crippen molar-refractivity contribution in [3.05, 3.63) is 22.7 Å². The van der Waals surface area contributed by atoms with Crippen molar-refractivity contribution < 1.29 is 19.0 Å². The lowest BCUT2D eigenvalue weighted by Gasteiger charge is -2.12. The van der Waals surface area contributed by atoms with Crippen molar-refractivity contribution in [1.82, 2.24) is 0 Å². The fourth-order valence-electron chi connectivity index (χ4n) is 1.35. The van der Waals surface area contributed by atoms with E-state index >= 15 is 0 Å². The predicted molar refractivity (Wildman–Crippen MR) is 65.1 cm³/mol. The second kappa shape index (κ2) is 6.35. The molecule has 0 spiro atoms. The molecule has 0 saturated carbocycles. The van der Waals surface area contributed by atoms with Gasteiger partial charge in [0.05, 0.1) is 25.3 Å². The minimum Gasteiger partial charge on any atom is -0.493 e. The van der Waals surface area contributed by atoms with Crippen LogP contribution in [0.4, 0.5) is 0 Å². The highest BCUT2D eigenvalue weighted by atomic mass is 35.5. The van der Waals surface area contributed by atoms with Crippen molar-refractivity contribution in [1.29, 1.82) is 0 Å². The van der Waals surface area contributed by atoms with E-state index in [1.54, 1.807) is 6.07 Å². The first kappa shape index (κ1) is 13.6. The molecule has 0 aliphatic heterocycles. The van der Waals surface area contributed by atoms with Crippen molar-refractivity contribution in [2.24, 2.45) is 0 Å². The largest absolute Gasteiger partial charge is 0.493 e. The molecule has 0 N–H and O–H groups in total. The van der Waals surface area contributed by atoms with Gasteiger partial charge < -0.3 is 14.2 Å². The van der Waals surface area contributed by atoms with Crippen LogP contribution in [0.15, 0.2) is 12.1 Å². The number of esters is 1. The van der Waals surface area contributed by atoms with E-state index in [-0.39, 0.29) is 0 Å². The lowest BCUT2D eigenvalue weighted by atomic mass is 10.2. The van der Waals surface area contributed by atoms with Crippen molar-refractivity contribution >= 4 is 17.6 Å². The molecule has 94 valence electrons. The zero-order chi connectivity index (χ0) is 12.8. The summed E-state index contributed by atoms with van der Waals surface area (Å²) in [7, 11) is 1.31. The topological polar surface area (TPSA) is 44.8 Å². The van der Waals surface area contributed by atoms with Crippen molar-refractivity contribution in [3.8, 4) is 11.5 Å². The highest BCUT2D eigenvalue weighted by molar-refractivity contribution is 6.32. The van der Waals surface area contributed by atoms with Gasteiger partial charge in [-0.1, -0.05) is 11.6 Å². The van der Waals surface area contributed by atoms with Crippen molar-refractivity contribution in [2.45, 2.75) is 13.8 Å². The molecule has 0 amide bonds. The molecular weight excluding hydrogens is 244 g/mol. The first-order chi connectivity index (χ1) is 8.13. The molecular formula is C12H15ClO4. The average molecular weight is 259 g/mol. The highest BCUT2D eigenvalue weighted by Gasteiger charge is 2.17. The molecule has 0 aliphatic carbocycles. The minimum absolute atomic E-state index is 0.294. The lowest BCUT2D eigenvalue weighted by Crippen LogP contribution is -2.06. The van der Waals surface area contributed by atoms with Gasteiger partial charge in [0.15, 0.2) is 0 Å². The van der Waals surface area contributed by atoms with Crippen molar-refractivity contribution in [3.63, 3.8) is 0 Å². The van der Waals surface area contributed by atoms with Crippen molar-refractivity contribution in [2.75, 3.05) is 20.3 Å². The monoisotopic (exact) mass is 258 g/mol. The van der Waals surface area contributed by atoms with Gasteiger partial charge in [-0.3, -0.25) is 0 Å². The van der Waals surface area contributed by atoms with Crippen LogP contribution in [0.25, 0.3) is 0 Å². The molecule has 0 heterocycles. The van der Waals surface area contributed by atoms with E-state index in [9.17, 15) is 4.79 Å². The second-order valence-electron chi connectivity index (χ2n) is 3.14. The quantitative estimate of drug-likeness (QED) is 0.762. The fourth-order valence-corrected chi connectivity index (χ4v) is 1.56. The maximum atomic E-state index is 11.5. The normalized spacial score (nSPS) is 9.88. The van der Waals surface area contributed by atoms with Gasteiger partial charge >= 0.3 is 5.97 Å². The molecule has 4 nitrogen and oxygen atoms in total. The van der Waals surface area contributed by atoms with E-state index < -0.39 is 5.97 Å². The summed E-state index contributed by atoms with van der Waals surface area (Å²) in [5.41, 5.74) is 0.294. The Bertz CT molecular complexity index is 404. The highest BCUT2D eigenvalue weighted by Crippen LogP contribution is 2.33. The molecule has 0 saturated heterocycles. The van der Waals surface area contributed by atoms with Gasteiger partial charge in [-0.25, -0.2) is 4.79 Å². The summed E-state index contributed by atoms with van der Waals surface area (Å²) >= 11 is 5.99. The molecule has 0 unspecified atom stereocenters. The number of hydrogen-bond donors (Lipinski definition) is 0. The zero-order valence-corrected chi connectivity index (χ0v) is 10.8. The number of carbonyl (C=O) groups is 1. The fraction of sp³-hybridized carbons (Fsp3) is 0.417. The van der Waals surface area contributed by atoms with E-state index in [0.717, 1.165) is 0 Å². The van der Waals surface area contributed by atoms with Crippen LogP contribution in [0.1, 0.15) is 24.2 Å². The summed E-state index contributed by atoms with van der Waals surface area (Å²) in [4.78, 5) is 11.5. The van der Waals surface area contributed by atoms with E-state index in [2.05, 4.69) is 4.74 Å². The maximum Gasteiger partial charge on any atom is 0.341 e. The number of ether oxygens (including phenoxy) is 3. The first-order valence-corrected chi connectivity index (χ1v) is 5.69. The van der Waals surface area contributed by atoms with Crippen LogP contribution in [-0.4, -0.2) is 26.3 Å². The van der Waals surface area contributed by atoms with E-state index in [0.29, 0.717) is 35.3 Å². The number of hydrogen-bond acceptors (Lipinski definition) is 4. The molecule has 0 aliphatic rings. The molecule has 1 aromatic carbocycles. The molecule has 1 rings (SSSR count). The Labute approximate surface area is 105 Å². The summed E-state index contributed by atoms with van der Waals surface area (Å²) in [6, 6.07) is 3.09. The van der Waals surface area contributed by atoms with Gasteiger partial charge in [0.1, 0.15) is 17.1 Å². The number of carbonyl (C=O) groups excluding carboxylic acids is 1. The van der Waals surface area contributed by atoms with E-state index in [1.165, 1.54) is 13.2 Å². The maximum absolute atomic E-state index is 11.5. The Kier molecular flexibility index (Phi) is 5.10. The molecule has 1 aromatic rings. The predicted octanol–water partition coefficient (Wildman–Crippen LogP) is 2.92. The summed E-state index contributed by atoms with van der Waals surface area (Å²) in [6.07, 6.45) is 0. The molecule has 0 aromatic heterocycles. The average Bonchev–Trinajstić information content (AvgIpc) is 2.32. The minimum atomic E-state index is -0.488. The molecule has 0 bridgehead atoms.